The summed E-state index contributed by atoms with van der Waals surface area (Å²) < 4.78 is 16.7. The predicted molar refractivity (Wildman–Crippen MR) is 129 cm³/mol. The van der Waals surface area contributed by atoms with Crippen molar-refractivity contribution in [2.24, 2.45) is 5.92 Å². The van der Waals surface area contributed by atoms with Crippen LogP contribution in [0, 0.1) is 11.7 Å². The maximum absolute atomic E-state index is 15.1. The predicted octanol–water partition coefficient (Wildman–Crippen LogP) is 2.15. The Morgan fingerprint density at radius 3 is 2.43 bits per heavy atom. The molecule has 0 aliphatic carbocycles. The number of likely N-dealkylation sites (tertiary alicyclic amines) is 1. The minimum absolute atomic E-state index is 0.0307. The first-order chi connectivity index (χ1) is 16.6. The Morgan fingerprint density at radius 2 is 1.83 bits per heavy atom. The van der Waals surface area contributed by atoms with E-state index in [1.165, 1.54) is 11.1 Å². The van der Waals surface area contributed by atoms with Crippen molar-refractivity contribution in [3.8, 4) is 0 Å². The number of aromatic carboxylic acids is 1. The molecule has 2 aromatic rings. The molecule has 2 aliphatic heterocycles. The number of carbonyl (C=O) groups is 3. The average Bonchev–Trinajstić information content (AvgIpc) is 3.11. The Labute approximate surface area is 202 Å². The first-order valence-corrected chi connectivity index (χ1v) is 12.1. The van der Waals surface area contributed by atoms with Gasteiger partial charge in [0.25, 0.3) is 0 Å². The van der Waals surface area contributed by atoms with Crippen molar-refractivity contribution in [3.63, 3.8) is 0 Å². The molecule has 2 aliphatic rings. The van der Waals surface area contributed by atoms with Crippen molar-refractivity contribution in [1.82, 2.24) is 14.4 Å². The summed E-state index contributed by atoms with van der Waals surface area (Å²) in [5, 5.41) is 9.36. The zero-order chi connectivity index (χ0) is 25.4. The van der Waals surface area contributed by atoms with Crippen LogP contribution in [-0.4, -0.2) is 76.0 Å². The molecule has 9 nitrogen and oxygen atoms in total. The normalized spacial score (nSPS) is 19.4. The SMILES string of the molecule is CCn1cc(C(=O)O)c(=O)c2cc(F)c(N3CCN(C4CC(=O)N(CCC(C)C)C4=O)CC3)cc21. The van der Waals surface area contributed by atoms with Gasteiger partial charge in [-0.15, -0.1) is 0 Å². The van der Waals surface area contributed by atoms with Crippen molar-refractivity contribution in [3.05, 3.63) is 39.9 Å². The summed E-state index contributed by atoms with van der Waals surface area (Å²) in [5.41, 5.74) is -0.301. The molecule has 2 amide bonds. The lowest BCUT2D eigenvalue weighted by molar-refractivity contribution is -0.139. The van der Waals surface area contributed by atoms with Crippen molar-refractivity contribution in [1.29, 1.82) is 0 Å². The van der Waals surface area contributed by atoms with Gasteiger partial charge in [0.2, 0.25) is 17.2 Å². The number of nitrogens with zero attached hydrogens (tertiary/aromatic N) is 4. The van der Waals surface area contributed by atoms with E-state index in [4.69, 9.17) is 0 Å². The molecule has 1 unspecified atom stereocenters. The average molecular weight is 487 g/mol. The van der Waals surface area contributed by atoms with Crippen molar-refractivity contribution in [2.75, 3.05) is 37.6 Å². The van der Waals surface area contributed by atoms with Crippen molar-refractivity contribution in [2.45, 2.75) is 46.2 Å². The van der Waals surface area contributed by atoms with Crippen LogP contribution in [0.15, 0.2) is 23.1 Å². The number of benzene rings is 1. The quantitative estimate of drug-likeness (QED) is 0.598. The highest BCUT2D eigenvalue weighted by Crippen LogP contribution is 2.28. The highest BCUT2D eigenvalue weighted by molar-refractivity contribution is 6.05. The second kappa shape index (κ2) is 9.77. The molecule has 10 heteroatoms. The number of carbonyl (C=O) groups excluding carboxylic acids is 2. The van der Waals surface area contributed by atoms with Crippen molar-refractivity contribution >= 4 is 34.4 Å². The van der Waals surface area contributed by atoms with E-state index in [1.54, 1.807) is 10.6 Å². The van der Waals surface area contributed by atoms with E-state index in [2.05, 4.69) is 13.8 Å². The molecule has 2 saturated heterocycles. The van der Waals surface area contributed by atoms with Crippen LogP contribution in [0.4, 0.5) is 10.1 Å². The third-order valence-electron chi connectivity index (χ3n) is 6.97. The van der Waals surface area contributed by atoms with E-state index < -0.39 is 28.8 Å². The molecule has 4 rings (SSSR count). The molecule has 1 aromatic heterocycles. The number of pyridine rings is 1. The molecule has 1 atom stereocenters. The van der Waals surface area contributed by atoms with Crippen LogP contribution in [0.3, 0.4) is 0 Å². The lowest BCUT2D eigenvalue weighted by Crippen LogP contribution is -2.52. The van der Waals surface area contributed by atoms with E-state index in [0.29, 0.717) is 56.4 Å². The fourth-order valence-corrected chi connectivity index (χ4v) is 4.90. The van der Waals surface area contributed by atoms with E-state index in [1.807, 2.05) is 16.7 Å². The maximum Gasteiger partial charge on any atom is 0.341 e. The van der Waals surface area contributed by atoms with Crippen LogP contribution in [0.25, 0.3) is 10.9 Å². The van der Waals surface area contributed by atoms with Gasteiger partial charge in [0.15, 0.2) is 0 Å². The van der Waals surface area contributed by atoms with Gasteiger partial charge in [-0.05, 0) is 31.4 Å². The number of hydrogen-bond donors (Lipinski definition) is 1. The largest absolute Gasteiger partial charge is 0.477 e. The fourth-order valence-electron chi connectivity index (χ4n) is 4.90. The van der Waals surface area contributed by atoms with Crippen LogP contribution in [-0.2, 0) is 16.1 Å². The summed E-state index contributed by atoms with van der Waals surface area (Å²) in [6.45, 7) is 8.69. The Hall–Kier alpha value is -3.27. The first-order valence-electron chi connectivity index (χ1n) is 12.1. The summed E-state index contributed by atoms with van der Waals surface area (Å²) in [7, 11) is 0. The number of carboxylic acid groups (broad SMARTS) is 1. The summed E-state index contributed by atoms with van der Waals surface area (Å²) >= 11 is 0. The van der Waals surface area contributed by atoms with Gasteiger partial charge in [-0.1, -0.05) is 13.8 Å². The summed E-state index contributed by atoms with van der Waals surface area (Å²) in [6, 6.07) is 2.23. The first kappa shape index (κ1) is 24.8. The lowest BCUT2D eigenvalue weighted by Gasteiger charge is -2.38. The van der Waals surface area contributed by atoms with Gasteiger partial charge in [0.05, 0.1) is 23.7 Å². The number of fused-ring (bicyclic) bond motifs is 1. The molecule has 2 fully saturated rings. The molecule has 0 spiro atoms. The van der Waals surface area contributed by atoms with E-state index >= 15 is 4.39 Å². The highest BCUT2D eigenvalue weighted by atomic mass is 19.1. The number of rotatable bonds is 7. The van der Waals surface area contributed by atoms with E-state index in [-0.39, 0.29) is 23.6 Å². The summed E-state index contributed by atoms with van der Waals surface area (Å²) in [5.74, 6) is -1.83. The zero-order valence-electron chi connectivity index (χ0n) is 20.3. The standard InChI is InChI=1S/C25H31FN4O5/c1-4-27-14-17(25(34)35)23(32)16-11-18(26)20(12-19(16)27)28-7-9-29(10-8-28)21-13-22(31)30(24(21)33)6-5-15(2)3/h11-12,14-15,21H,4-10,13H2,1-3H3,(H,34,35). The maximum atomic E-state index is 15.1. The summed E-state index contributed by atoms with van der Waals surface area (Å²) in [6.07, 6.45) is 2.24. The second-order valence-electron chi connectivity index (χ2n) is 9.59. The van der Waals surface area contributed by atoms with Gasteiger partial charge in [-0.25, -0.2) is 9.18 Å². The zero-order valence-corrected chi connectivity index (χ0v) is 20.3. The minimum Gasteiger partial charge on any atom is -0.477 e. The minimum atomic E-state index is -1.34. The number of piperazine rings is 1. The van der Waals surface area contributed by atoms with Gasteiger partial charge in [0, 0.05) is 50.9 Å². The third kappa shape index (κ3) is 4.67. The number of anilines is 1. The monoisotopic (exact) mass is 486 g/mol. The smallest absolute Gasteiger partial charge is 0.341 e. The molecular weight excluding hydrogens is 455 g/mol. The number of carboxylic acids is 1. The molecular formula is C25H31FN4O5. The Morgan fingerprint density at radius 1 is 1.14 bits per heavy atom. The van der Waals surface area contributed by atoms with E-state index in [9.17, 15) is 24.3 Å². The molecule has 0 saturated carbocycles. The van der Waals surface area contributed by atoms with E-state index in [0.717, 1.165) is 12.5 Å². The third-order valence-corrected chi connectivity index (χ3v) is 6.97. The molecule has 0 bridgehead atoms. The number of hydrogen-bond acceptors (Lipinski definition) is 6. The van der Waals surface area contributed by atoms with Gasteiger partial charge in [-0.3, -0.25) is 24.2 Å². The number of aromatic nitrogens is 1. The number of amides is 2. The molecule has 188 valence electrons. The Kier molecular flexibility index (Phi) is 6.93. The number of halogens is 1. The van der Waals surface area contributed by atoms with Crippen LogP contribution in [0.2, 0.25) is 0 Å². The molecule has 0 radical (unpaired) electrons. The molecule has 1 N–H and O–H groups in total. The topological polar surface area (TPSA) is 103 Å². The van der Waals surface area contributed by atoms with Gasteiger partial charge >= 0.3 is 5.97 Å². The molecule has 1 aromatic carbocycles. The van der Waals surface area contributed by atoms with Crippen LogP contribution in [0.1, 0.15) is 44.0 Å². The Bertz CT molecular complexity index is 1230. The van der Waals surface area contributed by atoms with Gasteiger partial charge in [0.1, 0.15) is 11.4 Å². The highest BCUT2D eigenvalue weighted by Gasteiger charge is 2.42. The van der Waals surface area contributed by atoms with Crippen LogP contribution < -0.4 is 10.3 Å². The van der Waals surface area contributed by atoms with Crippen LogP contribution >= 0.6 is 0 Å². The van der Waals surface area contributed by atoms with Gasteiger partial charge in [-0.2, -0.15) is 0 Å². The van der Waals surface area contributed by atoms with Crippen LogP contribution in [0.5, 0.6) is 0 Å². The molecule has 35 heavy (non-hydrogen) atoms. The Balaban J connectivity index is 1.53. The number of imide groups is 1. The van der Waals surface area contributed by atoms with Crippen molar-refractivity contribution < 1.29 is 23.9 Å². The van der Waals surface area contributed by atoms with Gasteiger partial charge < -0.3 is 14.6 Å². The number of aryl methyl sites for hydroxylation is 1. The second-order valence-corrected chi connectivity index (χ2v) is 9.59. The molecule has 3 heterocycles. The lowest BCUT2D eigenvalue weighted by atomic mass is 10.1. The fraction of sp³-hybridized carbons (Fsp3) is 0.520. The summed E-state index contributed by atoms with van der Waals surface area (Å²) in [4.78, 5) is 54.5.